The van der Waals surface area contributed by atoms with Gasteiger partial charge in [0.05, 0.1) is 10.9 Å². The van der Waals surface area contributed by atoms with E-state index >= 15 is 0 Å². The van der Waals surface area contributed by atoms with Gasteiger partial charge in [0.15, 0.2) is 9.84 Å². The zero-order valence-corrected chi connectivity index (χ0v) is 15.2. The Bertz CT molecular complexity index is 835. The third-order valence-corrected chi connectivity index (χ3v) is 5.26. The molecular weight excluding hydrogens is 348 g/mol. The zero-order chi connectivity index (χ0) is 17.9. The topological polar surface area (TPSA) is 66.5 Å². The van der Waals surface area contributed by atoms with Crippen LogP contribution in [0.2, 0.25) is 5.02 Å². The molecule has 1 atom stereocenters. The van der Waals surface area contributed by atoms with E-state index in [-0.39, 0.29) is 17.0 Å². The van der Waals surface area contributed by atoms with E-state index in [1.807, 2.05) is 25.1 Å². The fourth-order valence-electron chi connectivity index (χ4n) is 2.20. The first-order chi connectivity index (χ1) is 11.2. The maximum atomic E-state index is 12.4. The lowest BCUT2D eigenvalue weighted by Crippen LogP contribution is -2.33. The lowest BCUT2D eigenvalue weighted by atomic mass is 10.1. The fourth-order valence-corrected chi connectivity index (χ4v) is 3.12. The lowest BCUT2D eigenvalue weighted by Gasteiger charge is -2.26. The van der Waals surface area contributed by atoms with Gasteiger partial charge in [0, 0.05) is 24.0 Å². The minimum atomic E-state index is -3.26. The van der Waals surface area contributed by atoms with Gasteiger partial charge in [0.25, 0.3) is 0 Å². The van der Waals surface area contributed by atoms with Gasteiger partial charge in [-0.1, -0.05) is 29.8 Å². The first kappa shape index (κ1) is 18.3. The van der Waals surface area contributed by atoms with Crippen molar-refractivity contribution in [3.8, 4) is 0 Å². The number of hydrogen-bond donors (Lipinski definition) is 1. The molecule has 0 aliphatic heterocycles. The highest BCUT2D eigenvalue weighted by molar-refractivity contribution is 7.90. The first-order valence-corrected chi connectivity index (χ1v) is 9.55. The van der Waals surface area contributed by atoms with Gasteiger partial charge in [0.2, 0.25) is 0 Å². The summed E-state index contributed by atoms with van der Waals surface area (Å²) in [6.45, 7) is 1.88. The molecule has 0 bridgehead atoms. The van der Waals surface area contributed by atoms with Crippen LogP contribution in [0.4, 0.5) is 10.5 Å². The number of sulfone groups is 1. The Kier molecular flexibility index (Phi) is 5.51. The second kappa shape index (κ2) is 7.23. The van der Waals surface area contributed by atoms with Crippen LogP contribution in [0.1, 0.15) is 18.5 Å². The zero-order valence-electron chi connectivity index (χ0n) is 13.7. The number of nitrogens with one attached hydrogen (secondary N) is 1. The Labute approximate surface area is 147 Å². The van der Waals surface area contributed by atoms with E-state index in [0.717, 1.165) is 11.8 Å². The number of carbonyl (C=O) groups excluding carboxylic acids is 1. The summed E-state index contributed by atoms with van der Waals surface area (Å²) < 4.78 is 22.9. The van der Waals surface area contributed by atoms with Crippen molar-refractivity contribution in [1.29, 1.82) is 0 Å². The van der Waals surface area contributed by atoms with Gasteiger partial charge in [-0.3, -0.25) is 0 Å². The van der Waals surface area contributed by atoms with Crippen molar-refractivity contribution in [2.24, 2.45) is 0 Å². The summed E-state index contributed by atoms with van der Waals surface area (Å²) in [4.78, 5) is 14.1. The molecule has 2 rings (SSSR count). The van der Waals surface area contributed by atoms with E-state index < -0.39 is 9.84 Å². The predicted molar refractivity (Wildman–Crippen MR) is 96.2 cm³/mol. The van der Waals surface area contributed by atoms with E-state index in [9.17, 15) is 13.2 Å². The van der Waals surface area contributed by atoms with Crippen molar-refractivity contribution in [1.82, 2.24) is 4.90 Å². The number of carbonyl (C=O) groups is 1. The predicted octanol–water partition coefficient (Wildman–Crippen LogP) is 3.97. The van der Waals surface area contributed by atoms with E-state index in [1.54, 1.807) is 25.2 Å². The largest absolute Gasteiger partial charge is 0.322 e. The Hall–Kier alpha value is -2.05. The average Bonchev–Trinajstić information content (AvgIpc) is 2.53. The minimum absolute atomic E-state index is 0.207. The summed E-state index contributed by atoms with van der Waals surface area (Å²) >= 11 is 6.17. The molecule has 2 aromatic rings. The third kappa shape index (κ3) is 4.27. The molecule has 0 aliphatic rings. The summed E-state index contributed by atoms with van der Waals surface area (Å²) in [6, 6.07) is 12.9. The summed E-state index contributed by atoms with van der Waals surface area (Å²) in [5, 5.41) is 3.34. The van der Waals surface area contributed by atoms with Crippen LogP contribution in [0, 0.1) is 0 Å². The standard InChI is InChI=1S/C17H19ClN2O3S/c1-12(15-6-4-5-7-16(15)18)20(2)17(21)19-13-8-10-14(11-9-13)24(3,22)23/h4-12H,1-3H3,(H,19,21). The number of anilines is 1. The molecule has 24 heavy (non-hydrogen) atoms. The third-order valence-electron chi connectivity index (χ3n) is 3.79. The molecule has 5 nitrogen and oxygen atoms in total. The Morgan fingerprint density at radius 1 is 1.12 bits per heavy atom. The Morgan fingerprint density at radius 2 is 1.71 bits per heavy atom. The Morgan fingerprint density at radius 3 is 2.25 bits per heavy atom. The number of rotatable bonds is 4. The van der Waals surface area contributed by atoms with Crippen molar-refractivity contribution in [3.63, 3.8) is 0 Å². The van der Waals surface area contributed by atoms with Gasteiger partial charge >= 0.3 is 6.03 Å². The van der Waals surface area contributed by atoms with Gasteiger partial charge in [0.1, 0.15) is 0 Å². The van der Waals surface area contributed by atoms with Crippen LogP contribution in [0.25, 0.3) is 0 Å². The van der Waals surface area contributed by atoms with Crippen LogP contribution in [0.5, 0.6) is 0 Å². The van der Waals surface area contributed by atoms with Gasteiger partial charge in [-0.15, -0.1) is 0 Å². The molecule has 0 spiro atoms. The molecule has 0 aromatic heterocycles. The van der Waals surface area contributed by atoms with Gasteiger partial charge < -0.3 is 10.2 Å². The average molecular weight is 367 g/mol. The highest BCUT2D eigenvalue weighted by atomic mass is 35.5. The second-order valence-corrected chi connectivity index (χ2v) is 7.96. The molecule has 128 valence electrons. The van der Waals surface area contributed by atoms with Crippen LogP contribution >= 0.6 is 11.6 Å². The molecule has 1 N–H and O–H groups in total. The summed E-state index contributed by atoms with van der Waals surface area (Å²) in [5.41, 5.74) is 1.37. The molecule has 0 aliphatic carbocycles. The number of hydrogen-bond acceptors (Lipinski definition) is 3. The highest BCUT2D eigenvalue weighted by Crippen LogP contribution is 2.26. The molecule has 7 heteroatoms. The second-order valence-electron chi connectivity index (χ2n) is 5.54. The quantitative estimate of drug-likeness (QED) is 0.890. The van der Waals surface area contributed by atoms with Gasteiger partial charge in [-0.05, 0) is 42.8 Å². The molecule has 0 saturated heterocycles. The SMILES string of the molecule is CC(c1ccccc1Cl)N(C)C(=O)Nc1ccc(S(C)(=O)=O)cc1. The first-order valence-electron chi connectivity index (χ1n) is 7.28. The summed E-state index contributed by atoms with van der Waals surface area (Å²) in [7, 11) is -1.58. The van der Waals surface area contributed by atoms with Crippen LogP contribution in [-0.4, -0.2) is 32.7 Å². The Balaban J connectivity index is 2.10. The monoisotopic (exact) mass is 366 g/mol. The van der Waals surface area contributed by atoms with E-state index in [2.05, 4.69) is 5.32 Å². The maximum absolute atomic E-state index is 12.4. The molecule has 0 saturated carbocycles. The van der Waals surface area contributed by atoms with Crippen molar-refractivity contribution < 1.29 is 13.2 Å². The smallest absolute Gasteiger partial charge is 0.321 e. The number of nitrogens with zero attached hydrogens (tertiary/aromatic N) is 1. The van der Waals surface area contributed by atoms with Crippen molar-refractivity contribution in [2.75, 3.05) is 18.6 Å². The molecular formula is C17H19ClN2O3S. The van der Waals surface area contributed by atoms with Crippen molar-refractivity contribution in [3.05, 3.63) is 59.1 Å². The lowest BCUT2D eigenvalue weighted by molar-refractivity contribution is 0.208. The maximum Gasteiger partial charge on any atom is 0.322 e. The number of halogens is 1. The normalized spacial score (nSPS) is 12.5. The highest BCUT2D eigenvalue weighted by Gasteiger charge is 2.19. The molecule has 0 radical (unpaired) electrons. The molecule has 1 unspecified atom stereocenters. The minimum Gasteiger partial charge on any atom is -0.321 e. The van der Waals surface area contributed by atoms with Crippen molar-refractivity contribution >= 4 is 33.2 Å². The number of amides is 2. The number of benzene rings is 2. The summed E-state index contributed by atoms with van der Waals surface area (Å²) in [6.07, 6.45) is 1.14. The molecule has 2 aromatic carbocycles. The van der Waals surface area contributed by atoms with Crippen LogP contribution in [-0.2, 0) is 9.84 Å². The van der Waals surface area contributed by atoms with E-state index in [4.69, 9.17) is 11.6 Å². The van der Waals surface area contributed by atoms with E-state index in [1.165, 1.54) is 17.0 Å². The van der Waals surface area contributed by atoms with Crippen LogP contribution in [0.3, 0.4) is 0 Å². The summed E-state index contributed by atoms with van der Waals surface area (Å²) in [5.74, 6) is 0. The van der Waals surface area contributed by atoms with Crippen molar-refractivity contribution in [2.45, 2.75) is 17.9 Å². The van der Waals surface area contributed by atoms with Crippen LogP contribution in [0.15, 0.2) is 53.4 Å². The molecule has 2 amide bonds. The van der Waals surface area contributed by atoms with Gasteiger partial charge in [-0.25, -0.2) is 13.2 Å². The van der Waals surface area contributed by atoms with Crippen LogP contribution < -0.4 is 5.32 Å². The number of urea groups is 1. The molecule has 0 heterocycles. The van der Waals surface area contributed by atoms with E-state index in [0.29, 0.717) is 10.7 Å². The van der Waals surface area contributed by atoms with Gasteiger partial charge in [-0.2, -0.15) is 0 Å². The molecule has 0 fully saturated rings. The fraction of sp³-hybridized carbons (Fsp3) is 0.235.